The van der Waals surface area contributed by atoms with Crippen LogP contribution in [0.3, 0.4) is 0 Å². The zero-order valence-electron chi connectivity index (χ0n) is 12.2. The van der Waals surface area contributed by atoms with Crippen LogP contribution in [0.15, 0.2) is 24.3 Å². The van der Waals surface area contributed by atoms with E-state index in [1.807, 2.05) is 38.1 Å². The monoisotopic (exact) mass is 274 g/mol. The normalized spacial score (nSPS) is 25.1. The summed E-state index contributed by atoms with van der Waals surface area (Å²) >= 11 is 0. The first kappa shape index (κ1) is 14.7. The molecule has 0 aliphatic heterocycles. The van der Waals surface area contributed by atoms with Gasteiger partial charge in [0, 0.05) is 6.42 Å². The highest BCUT2D eigenvalue weighted by molar-refractivity contribution is 5.31. The van der Waals surface area contributed by atoms with Crippen LogP contribution in [-0.4, -0.2) is 24.8 Å². The number of ether oxygens (including phenoxy) is 2. The van der Waals surface area contributed by atoms with Crippen LogP contribution in [0.2, 0.25) is 0 Å². The van der Waals surface area contributed by atoms with Crippen LogP contribution in [-0.2, 0) is 0 Å². The standard InChI is InChI=1S/C16H22N2O2/c1-3-18-16(12-17)10-9-15(11-16)20-14-7-5-13(6-8-14)19-4-2/h5-8,15,18H,3-4,9-11H2,1-2H3. The van der Waals surface area contributed by atoms with Crippen molar-refractivity contribution in [2.45, 2.75) is 44.8 Å². The molecule has 1 fully saturated rings. The van der Waals surface area contributed by atoms with Gasteiger partial charge in [0.05, 0.1) is 12.7 Å². The van der Waals surface area contributed by atoms with Gasteiger partial charge in [0.15, 0.2) is 0 Å². The Balaban J connectivity index is 1.93. The molecule has 1 aromatic carbocycles. The van der Waals surface area contributed by atoms with Crippen molar-refractivity contribution in [2.75, 3.05) is 13.2 Å². The molecule has 1 saturated carbocycles. The number of nitrogens with one attached hydrogen (secondary N) is 1. The lowest BCUT2D eigenvalue weighted by Crippen LogP contribution is -2.42. The quantitative estimate of drug-likeness (QED) is 0.866. The highest BCUT2D eigenvalue weighted by Crippen LogP contribution is 2.32. The van der Waals surface area contributed by atoms with Crippen LogP contribution in [0.5, 0.6) is 11.5 Å². The fourth-order valence-electron chi connectivity index (χ4n) is 2.71. The van der Waals surface area contributed by atoms with Gasteiger partial charge in [-0.05, 0) is 50.6 Å². The summed E-state index contributed by atoms with van der Waals surface area (Å²) in [5.74, 6) is 1.69. The Hall–Kier alpha value is -1.73. The van der Waals surface area contributed by atoms with Crippen LogP contribution >= 0.6 is 0 Å². The molecule has 108 valence electrons. The molecular formula is C16H22N2O2. The lowest BCUT2D eigenvalue weighted by molar-refractivity contribution is 0.201. The molecule has 0 amide bonds. The molecule has 20 heavy (non-hydrogen) atoms. The minimum Gasteiger partial charge on any atom is -0.494 e. The number of nitriles is 1. The molecule has 2 rings (SSSR count). The van der Waals surface area contributed by atoms with E-state index in [1.54, 1.807) is 0 Å². The topological polar surface area (TPSA) is 54.3 Å². The van der Waals surface area contributed by atoms with Gasteiger partial charge in [-0.25, -0.2) is 0 Å². The van der Waals surface area contributed by atoms with E-state index in [9.17, 15) is 5.26 Å². The first-order chi connectivity index (χ1) is 9.71. The molecule has 0 saturated heterocycles. The van der Waals surface area contributed by atoms with Gasteiger partial charge >= 0.3 is 0 Å². The molecule has 1 aliphatic carbocycles. The molecule has 2 unspecified atom stereocenters. The van der Waals surface area contributed by atoms with Gasteiger partial charge in [-0.3, -0.25) is 5.32 Å². The third-order valence-electron chi connectivity index (χ3n) is 3.64. The van der Waals surface area contributed by atoms with Gasteiger partial charge < -0.3 is 9.47 Å². The lowest BCUT2D eigenvalue weighted by atomic mass is 10.00. The van der Waals surface area contributed by atoms with Gasteiger partial charge in [0.2, 0.25) is 0 Å². The van der Waals surface area contributed by atoms with Crippen molar-refractivity contribution in [3.05, 3.63) is 24.3 Å². The summed E-state index contributed by atoms with van der Waals surface area (Å²) in [7, 11) is 0. The zero-order chi connectivity index (χ0) is 14.4. The molecule has 0 bridgehead atoms. The van der Waals surface area contributed by atoms with Crippen molar-refractivity contribution in [3.8, 4) is 17.6 Å². The number of hydrogen-bond donors (Lipinski definition) is 1. The Bertz CT molecular complexity index is 466. The summed E-state index contributed by atoms with van der Waals surface area (Å²) in [6, 6.07) is 10.1. The van der Waals surface area contributed by atoms with Crippen LogP contribution < -0.4 is 14.8 Å². The van der Waals surface area contributed by atoms with E-state index in [0.29, 0.717) is 6.61 Å². The average molecular weight is 274 g/mol. The predicted molar refractivity (Wildman–Crippen MR) is 77.9 cm³/mol. The summed E-state index contributed by atoms with van der Waals surface area (Å²) in [6.07, 6.45) is 2.60. The molecule has 0 radical (unpaired) electrons. The van der Waals surface area contributed by atoms with Crippen molar-refractivity contribution < 1.29 is 9.47 Å². The van der Waals surface area contributed by atoms with E-state index < -0.39 is 5.54 Å². The summed E-state index contributed by atoms with van der Waals surface area (Å²) in [4.78, 5) is 0. The Morgan fingerprint density at radius 3 is 2.60 bits per heavy atom. The van der Waals surface area contributed by atoms with Crippen LogP contribution in [0, 0.1) is 11.3 Å². The zero-order valence-corrected chi connectivity index (χ0v) is 12.2. The van der Waals surface area contributed by atoms with Crippen LogP contribution in [0.25, 0.3) is 0 Å². The minimum atomic E-state index is -0.412. The molecule has 1 aliphatic rings. The van der Waals surface area contributed by atoms with E-state index >= 15 is 0 Å². The van der Waals surface area contributed by atoms with E-state index in [2.05, 4.69) is 11.4 Å². The van der Waals surface area contributed by atoms with Crippen molar-refractivity contribution in [3.63, 3.8) is 0 Å². The van der Waals surface area contributed by atoms with E-state index in [0.717, 1.165) is 37.3 Å². The van der Waals surface area contributed by atoms with Gasteiger partial charge in [0.1, 0.15) is 23.1 Å². The smallest absolute Gasteiger partial charge is 0.119 e. The second-order valence-electron chi connectivity index (χ2n) is 5.11. The van der Waals surface area contributed by atoms with Gasteiger partial charge in [-0.1, -0.05) is 6.92 Å². The number of rotatable bonds is 6. The maximum Gasteiger partial charge on any atom is 0.119 e. The highest BCUT2D eigenvalue weighted by Gasteiger charge is 2.39. The van der Waals surface area contributed by atoms with Crippen molar-refractivity contribution >= 4 is 0 Å². The molecular weight excluding hydrogens is 252 g/mol. The maximum atomic E-state index is 9.34. The Morgan fingerprint density at radius 2 is 2.00 bits per heavy atom. The Labute approximate surface area is 120 Å². The molecule has 1 aromatic rings. The predicted octanol–water partition coefficient (Wildman–Crippen LogP) is 2.89. The van der Waals surface area contributed by atoms with Crippen LogP contribution in [0.1, 0.15) is 33.1 Å². The number of hydrogen-bond acceptors (Lipinski definition) is 4. The van der Waals surface area contributed by atoms with E-state index in [-0.39, 0.29) is 6.10 Å². The van der Waals surface area contributed by atoms with Gasteiger partial charge in [0.25, 0.3) is 0 Å². The fourth-order valence-corrected chi connectivity index (χ4v) is 2.71. The van der Waals surface area contributed by atoms with Crippen molar-refractivity contribution in [1.82, 2.24) is 5.32 Å². The Morgan fingerprint density at radius 1 is 1.30 bits per heavy atom. The third kappa shape index (κ3) is 3.43. The van der Waals surface area contributed by atoms with E-state index in [1.165, 1.54) is 0 Å². The molecule has 4 nitrogen and oxygen atoms in total. The van der Waals surface area contributed by atoms with Gasteiger partial charge in [-0.15, -0.1) is 0 Å². The maximum absolute atomic E-state index is 9.34. The highest BCUT2D eigenvalue weighted by atomic mass is 16.5. The second kappa shape index (κ2) is 6.62. The SMILES string of the molecule is CCNC1(C#N)CCC(Oc2ccc(OCC)cc2)C1. The molecule has 0 aromatic heterocycles. The summed E-state index contributed by atoms with van der Waals surface area (Å²) in [6.45, 7) is 5.46. The largest absolute Gasteiger partial charge is 0.494 e. The molecule has 0 spiro atoms. The second-order valence-corrected chi connectivity index (χ2v) is 5.11. The number of benzene rings is 1. The van der Waals surface area contributed by atoms with E-state index in [4.69, 9.17) is 9.47 Å². The summed E-state index contributed by atoms with van der Waals surface area (Å²) in [5, 5.41) is 12.6. The van der Waals surface area contributed by atoms with Crippen LogP contribution in [0.4, 0.5) is 0 Å². The summed E-state index contributed by atoms with van der Waals surface area (Å²) < 4.78 is 11.4. The first-order valence-corrected chi connectivity index (χ1v) is 7.27. The number of nitrogens with zero attached hydrogens (tertiary/aromatic N) is 1. The summed E-state index contributed by atoms with van der Waals surface area (Å²) in [5.41, 5.74) is -0.412. The van der Waals surface area contributed by atoms with Crippen molar-refractivity contribution in [1.29, 1.82) is 5.26 Å². The first-order valence-electron chi connectivity index (χ1n) is 7.27. The molecule has 1 N–H and O–H groups in total. The lowest BCUT2D eigenvalue weighted by Gasteiger charge is -2.22. The fraction of sp³-hybridized carbons (Fsp3) is 0.562. The molecule has 4 heteroatoms. The minimum absolute atomic E-state index is 0.103. The van der Waals surface area contributed by atoms with Crippen molar-refractivity contribution in [2.24, 2.45) is 0 Å². The Kier molecular flexibility index (Phi) is 4.86. The molecule has 0 heterocycles. The van der Waals surface area contributed by atoms with Gasteiger partial charge in [-0.2, -0.15) is 5.26 Å². The third-order valence-corrected chi connectivity index (χ3v) is 3.64. The average Bonchev–Trinajstić information content (AvgIpc) is 2.85. The molecule has 2 atom stereocenters.